The lowest BCUT2D eigenvalue weighted by Crippen LogP contribution is -2.35. The number of carbonyl (C=O) groups excluding carboxylic acids is 1. The number of likely N-dealkylation sites (tertiary alicyclic amines) is 1. The Labute approximate surface area is 127 Å². The molecule has 0 spiro atoms. The van der Waals surface area contributed by atoms with E-state index in [0.29, 0.717) is 31.5 Å². The van der Waals surface area contributed by atoms with Crippen molar-refractivity contribution in [3.8, 4) is 5.75 Å². The summed E-state index contributed by atoms with van der Waals surface area (Å²) in [5, 5.41) is 0. The molecule has 116 valence electrons. The minimum absolute atomic E-state index is 0.169. The van der Waals surface area contributed by atoms with E-state index in [1.54, 1.807) is 0 Å². The van der Waals surface area contributed by atoms with Crippen molar-refractivity contribution in [3.63, 3.8) is 0 Å². The first kappa shape index (κ1) is 15.8. The van der Waals surface area contributed by atoms with Crippen molar-refractivity contribution in [2.75, 3.05) is 19.7 Å². The predicted molar refractivity (Wildman–Crippen MR) is 84.4 cm³/mol. The standard InChI is InChI=1S/C17H26N2O2/c1-12-4-5-16(8-13(12)2)21-7-6-17(20)19-11-15(10-18)9-14(19)3/h4-5,8,14-15H,6-7,9-11,18H2,1-3H3. The SMILES string of the molecule is Cc1ccc(OCCC(=O)N2CC(CN)CC2C)cc1C. The third-order valence-electron chi connectivity index (χ3n) is 4.38. The van der Waals surface area contributed by atoms with Gasteiger partial charge in [-0.15, -0.1) is 0 Å². The van der Waals surface area contributed by atoms with E-state index in [9.17, 15) is 4.79 Å². The molecule has 1 heterocycles. The Kier molecular flexibility index (Phi) is 5.23. The van der Waals surface area contributed by atoms with Crippen molar-refractivity contribution in [1.29, 1.82) is 0 Å². The third kappa shape index (κ3) is 3.97. The number of aryl methyl sites for hydroxylation is 2. The molecule has 2 rings (SSSR count). The highest BCUT2D eigenvalue weighted by Crippen LogP contribution is 2.23. The normalized spacial score (nSPS) is 21.6. The molecule has 1 aromatic rings. The average molecular weight is 290 g/mol. The van der Waals surface area contributed by atoms with E-state index in [0.717, 1.165) is 18.7 Å². The van der Waals surface area contributed by atoms with Crippen LogP contribution in [0.15, 0.2) is 18.2 Å². The number of carbonyl (C=O) groups is 1. The fourth-order valence-electron chi connectivity index (χ4n) is 2.86. The van der Waals surface area contributed by atoms with Gasteiger partial charge in [0.15, 0.2) is 0 Å². The topological polar surface area (TPSA) is 55.6 Å². The van der Waals surface area contributed by atoms with Crippen LogP contribution in [0.2, 0.25) is 0 Å². The Morgan fingerprint density at radius 2 is 2.14 bits per heavy atom. The molecule has 4 nitrogen and oxygen atoms in total. The van der Waals surface area contributed by atoms with Crippen LogP contribution in [0.5, 0.6) is 5.75 Å². The lowest BCUT2D eigenvalue weighted by molar-refractivity contribution is -0.132. The summed E-state index contributed by atoms with van der Waals surface area (Å²) in [5.41, 5.74) is 8.15. The van der Waals surface area contributed by atoms with Gasteiger partial charge in [0, 0.05) is 12.6 Å². The van der Waals surface area contributed by atoms with E-state index in [1.165, 1.54) is 11.1 Å². The molecule has 2 N–H and O–H groups in total. The fourth-order valence-corrected chi connectivity index (χ4v) is 2.86. The van der Waals surface area contributed by atoms with Gasteiger partial charge in [0.05, 0.1) is 13.0 Å². The number of ether oxygens (including phenoxy) is 1. The zero-order valence-corrected chi connectivity index (χ0v) is 13.3. The van der Waals surface area contributed by atoms with Crippen LogP contribution in [0.3, 0.4) is 0 Å². The van der Waals surface area contributed by atoms with Gasteiger partial charge in [-0.1, -0.05) is 6.07 Å². The van der Waals surface area contributed by atoms with E-state index in [4.69, 9.17) is 10.5 Å². The summed E-state index contributed by atoms with van der Waals surface area (Å²) in [4.78, 5) is 14.2. The number of nitrogens with two attached hydrogens (primary N) is 1. The van der Waals surface area contributed by atoms with E-state index in [-0.39, 0.29) is 5.91 Å². The summed E-state index contributed by atoms with van der Waals surface area (Å²) in [7, 11) is 0. The van der Waals surface area contributed by atoms with E-state index in [1.807, 2.05) is 23.1 Å². The maximum Gasteiger partial charge on any atom is 0.226 e. The second-order valence-electron chi connectivity index (χ2n) is 6.08. The number of rotatable bonds is 5. The molecule has 1 fully saturated rings. The quantitative estimate of drug-likeness (QED) is 0.905. The number of nitrogens with zero attached hydrogens (tertiary/aromatic N) is 1. The largest absolute Gasteiger partial charge is 0.493 e. The Morgan fingerprint density at radius 3 is 2.76 bits per heavy atom. The van der Waals surface area contributed by atoms with Gasteiger partial charge in [0.1, 0.15) is 5.75 Å². The van der Waals surface area contributed by atoms with Crippen LogP contribution < -0.4 is 10.5 Å². The first-order valence-electron chi connectivity index (χ1n) is 7.71. The number of amides is 1. The van der Waals surface area contributed by atoms with Crippen LogP contribution in [-0.4, -0.2) is 36.5 Å². The molecule has 0 saturated carbocycles. The van der Waals surface area contributed by atoms with Crippen LogP contribution in [0.25, 0.3) is 0 Å². The molecule has 1 aliphatic heterocycles. The molecular weight excluding hydrogens is 264 g/mol. The summed E-state index contributed by atoms with van der Waals surface area (Å²) in [6.07, 6.45) is 1.44. The van der Waals surface area contributed by atoms with Gasteiger partial charge in [-0.25, -0.2) is 0 Å². The molecular formula is C17H26N2O2. The van der Waals surface area contributed by atoms with Crippen LogP contribution in [0.4, 0.5) is 0 Å². The monoisotopic (exact) mass is 290 g/mol. The molecule has 2 atom stereocenters. The predicted octanol–water partition coefficient (Wildman–Crippen LogP) is 2.27. The minimum atomic E-state index is 0.169. The zero-order valence-electron chi connectivity index (χ0n) is 13.3. The molecule has 0 bridgehead atoms. The fraction of sp³-hybridized carbons (Fsp3) is 0.588. The highest BCUT2D eigenvalue weighted by Gasteiger charge is 2.31. The van der Waals surface area contributed by atoms with Gasteiger partial charge in [-0.2, -0.15) is 0 Å². The second kappa shape index (κ2) is 6.94. The molecule has 2 unspecified atom stereocenters. The van der Waals surface area contributed by atoms with E-state index >= 15 is 0 Å². The summed E-state index contributed by atoms with van der Waals surface area (Å²) >= 11 is 0. The van der Waals surface area contributed by atoms with Gasteiger partial charge in [-0.05, 0) is 62.9 Å². The Balaban J connectivity index is 1.80. The molecule has 1 saturated heterocycles. The van der Waals surface area contributed by atoms with Crippen molar-refractivity contribution in [2.45, 2.75) is 39.7 Å². The highest BCUT2D eigenvalue weighted by atomic mass is 16.5. The molecule has 21 heavy (non-hydrogen) atoms. The summed E-state index contributed by atoms with van der Waals surface area (Å²) in [6.45, 7) is 8.11. The van der Waals surface area contributed by atoms with Gasteiger partial charge < -0.3 is 15.4 Å². The Hall–Kier alpha value is -1.55. The minimum Gasteiger partial charge on any atom is -0.493 e. The van der Waals surface area contributed by atoms with Gasteiger partial charge in [0.2, 0.25) is 5.91 Å². The van der Waals surface area contributed by atoms with E-state index in [2.05, 4.69) is 20.8 Å². The number of hydrogen-bond donors (Lipinski definition) is 1. The number of hydrogen-bond acceptors (Lipinski definition) is 3. The molecule has 1 amide bonds. The van der Waals surface area contributed by atoms with Crippen LogP contribution in [-0.2, 0) is 4.79 Å². The van der Waals surface area contributed by atoms with Gasteiger partial charge in [0.25, 0.3) is 0 Å². The summed E-state index contributed by atoms with van der Waals surface area (Å²) in [6, 6.07) is 6.31. The van der Waals surface area contributed by atoms with E-state index < -0.39 is 0 Å². The molecule has 0 radical (unpaired) electrons. The van der Waals surface area contributed by atoms with Crippen molar-refractivity contribution < 1.29 is 9.53 Å². The average Bonchev–Trinajstić information content (AvgIpc) is 2.84. The maximum atomic E-state index is 12.2. The zero-order chi connectivity index (χ0) is 15.4. The Morgan fingerprint density at radius 1 is 1.38 bits per heavy atom. The Bertz CT molecular complexity index is 502. The van der Waals surface area contributed by atoms with Crippen molar-refractivity contribution >= 4 is 5.91 Å². The first-order chi connectivity index (χ1) is 10.0. The van der Waals surface area contributed by atoms with Gasteiger partial charge in [-0.3, -0.25) is 4.79 Å². The van der Waals surface area contributed by atoms with Crippen molar-refractivity contribution in [1.82, 2.24) is 4.90 Å². The van der Waals surface area contributed by atoms with Crippen LogP contribution in [0.1, 0.15) is 30.9 Å². The molecule has 0 aromatic heterocycles. The van der Waals surface area contributed by atoms with Crippen LogP contribution >= 0.6 is 0 Å². The second-order valence-corrected chi connectivity index (χ2v) is 6.08. The smallest absolute Gasteiger partial charge is 0.226 e. The first-order valence-corrected chi connectivity index (χ1v) is 7.71. The van der Waals surface area contributed by atoms with Gasteiger partial charge >= 0.3 is 0 Å². The lowest BCUT2D eigenvalue weighted by atomic mass is 10.1. The highest BCUT2D eigenvalue weighted by molar-refractivity contribution is 5.77. The summed E-state index contributed by atoms with van der Waals surface area (Å²) < 4.78 is 5.69. The lowest BCUT2D eigenvalue weighted by Gasteiger charge is -2.21. The van der Waals surface area contributed by atoms with Crippen molar-refractivity contribution in [2.24, 2.45) is 11.7 Å². The number of benzene rings is 1. The molecule has 1 aliphatic rings. The molecule has 1 aromatic carbocycles. The maximum absolute atomic E-state index is 12.2. The molecule has 4 heteroatoms. The van der Waals surface area contributed by atoms with Crippen LogP contribution in [0, 0.1) is 19.8 Å². The van der Waals surface area contributed by atoms with Crippen molar-refractivity contribution in [3.05, 3.63) is 29.3 Å². The summed E-state index contributed by atoms with van der Waals surface area (Å²) in [5.74, 6) is 1.45. The molecule has 0 aliphatic carbocycles. The third-order valence-corrected chi connectivity index (χ3v) is 4.38.